The fraction of sp³-hybridized carbons (Fsp3) is 0.727. The minimum absolute atomic E-state index is 0.244. The van der Waals surface area contributed by atoms with Crippen LogP contribution in [0.4, 0.5) is 0 Å². The number of rotatable bonds is 4. The van der Waals surface area contributed by atoms with Gasteiger partial charge in [-0.2, -0.15) is 0 Å². The molecule has 1 heterocycles. The highest BCUT2D eigenvalue weighted by atomic mass is 16.6. The monoisotopic (exact) mass is 198 g/mol. The van der Waals surface area contributed by atoms with Crippen LogP contribution in [0.1, 0.15) is 34.1 Å². The molecule has 1 fully saturated rings. The minimum atomic E-state index is -0.251. The molecule has 0 aromatic carbocycles. The van der Waals surface area contributed by atoms with Gasteiger partial charge < -0.3 is 9.47 Å². The molecule has 0 bridgehead atoms. The van der Waals surface area contributed by atoms with Gasteiger partial charge in [0.25, 0.3) is 0 Å². The summed E-state index contributed by atoms with van der Waals surface area (Å²) in [5.74, 6) is -0.251. The van der Waals surface area contributed by atoms with E-state index in [0.717, 1.165) is 6.42 Å². The standard InChI is InChI=1S/C11H18O3/c1-5-9-11(4,14-9)7-8(3)10(12)13-6-2/h7,9H,5-6H2,1-4H3/b8-7+/t9-,11-/m1/s1. The Morgan fingerprint density at radius 1 is 1.57 bits per heavy atom. The molecule has 0 aromatic heterocycles. The van der Waals surface area contributed by atoms with Crippen LogP contribution in [0.15, 0.2) is 11.6 Å². The van der Waals surface area contributed by atoms with Crippen molar-refractivity contribution in [2.75, 3.05) is 6.61 Å². The molecule has 0 aromatic rings. The summed E-state index contributed by atoms with van der Waals surface area (Å²) in [7, 11) is 0. The molecular formula is C11H18O3. The van der Waals surface area contributed by atoms with E-state index in [9.17, 15) is 4.79 Å². The third-order valence-electron chi connectivity index (χ3n) is 2.45. The summed E-state index contributed by atoms with van der Waals surface area (Å²) < 4.78 is 10.4. The highest BCUT2D eigenvalue weighted by molar-refractivity contribution is 5.88. The molecule has 3 nitrogen and oxygen atoms in total. The van der Waals surface area contributed by atoms with Gasteiger partial charge in [0.15, 0.2) is 0 Å². The normalized spacial score (nSPS) is 31.4. The van der Waals surface area contributed by atoms with Crippen LogP contribution >= 0.6 is 0 Å². The molecule has 0 aliphatic carbocycles. The van der Waals surface area contributed by atoms with Crippen LogP contribution in [0.2, 0.25) is 0 Å². The van der Waals surface area contributed by atoms with Gasteiger partial charge in [0.2, 0.25) is 0 Å². The summed E-state index contributed by atoms with van der Waals surface area (Å²) in [5, 5.41) is 0. The molecule has 3 heteroatoms. The molecule has 1 rings (SSSR count). The first-order valence-corrected chi connectivity index (χ1v) is 5.08. The van der Waals surface area contributed by atoms with Crippen molar-refractivity contribution in [2.45, 2.75) is 45.8 Å². The Hall–Kier alpha value is -0.830. The van der Waals surface area contributed by atoms with Crippen molar-refractivity contribution in [1.82, 2.24) is 0 Å². The third kappa shape index (κ3) is 2.35. The van der Waals surface area contributed by atoms with Gasteiger partial charge in [-0.15, -0.1) is 0 Å². The summed E-state index contributed by atoms with van der Waals surface area (Å²) in [5.41, 5.74) is 0.385. The Balaban J connectivity index is 2.56. The smallest absolute Gasteiger partial charge is 0.333 e. The predicted octanol–water partition coefficient (Wildman–Crippen LogP) is 2.06. The maximum Gasteiger partial charge on any atom is 0.333 e. The van der Waals surface area contributed by atoms with E-state index in [1.165, 1.54) is 0 Å². The second kappa shape index (κ2) is 4.13. The molecule has 0 saturated carbocycles. The first kappa shape index (κ1) is 11.2. The molecule has 14 heavy (non-hydrogen) atoms. The van der Waals surface area contributed by atoms with E-state index in [1.807, 2.05) is 13.0 Å². The van der Waals surface area contributed by atoms with Crippen LogP contribution in [0.25, 0.3) is 0 Å². The van der Waals surface area contributed by atoms with Crippen molar-refractivity contribution in [2.24, 2.45) is 0 Å². The summed E-state index contributed by atoms with van der Waals surface area (Å²) in [6, 6.07) is 0. The third-order valence-corrected chi connectivity index (χ3v) is 2.45. The number of carbonyl (C=O) groups excluding carboxylic acids is 1. The number of hydrogen-bond acceptors (Lipinski definition) is 3. The van der Waals surface area contributed by atoms with Crippen molar-refractivity contribution in [1.29, 1.82) is 0 Å². The molecule has 0 N–H and O–H groups in total. The van der Waals surface area contributed by atoms with Crippen LogP contribution < -0.4 is 0 Å². The molecule has 1 aliphatic heterocycles. The molecular weight excluding hydrogens is 180 g/mol. The van der Waals surface area contributed by atoms with Gasteiger partial charge in [-0.25, -0.2) is 4.79 Å². The first-order valence-electron chi connectivity index (χ1n) is 5.08. The Bertz CT molecular complexity index is 257. The Morgan fingerprint density at radius 3 is 2.64 bits per heavy atom. The second-order valence-electron chi connectivity index (χ2n) is 3.75. The summed E-state index contributed by atoms with van der Waals surface area (Å²) in [6.45, 7) is 8.04. The number of esters is 1. The number of hydrogen-bond donors (Lipinski definition) is 0. The fourth-order valence-electron chi connectivity index (χ4n) is 1.62. The summed E-state index contributed by atoms with van der Waals surface area (Å²) >= 11 is 0. The number of carbonyl (C=O) groups is 1. The van der Waals surface area contributed by atoms with E-state index in [0.29, 0.717) is 12.2 Å². The molecule has 2 atom stereocenters. The zero-order chi connectivity index (χ0) is 10.8. The van der Waals surface area contributed by atoms with E-state index in [4.69, 9.17) is 9.47 Å². The molecule has 0 amide bonds. The van der Waals surface area contributed by atoms with Crippen LogP contribution in [0, 0.1) is 0 Å². The van der Waals surface area contributed by atoms with Gasteiger partial charge in [0.05, 0.1) is 12.7 Å². The van der Waals surface area contributed by atoms with Crippen molar-refractivity contribution in [3.05, 3.63) is 11.6 Å². The van der Waals surface area contributed by atoms with Gasteiger partial charge in [-0.05, 0) is 33.3 Å². The first-order chi connectivity index (χ1) is 6.53. The van der Waals surface area contributed by atoms with Crippen LogP contribution in [0.5, 0.6) is 0 Å². The Morgan fingerprint density at radius 2 is 2.21 bits per heavy atom. The molecule has 1 aliphatic rings. The summed E-state index contributed by atoms with van der Waals surface area (Å²) in [4.78, 5) is 11.3. The van der Waals surface area contributed by atoms with Crippen molar-refractivity contribution in [3.63, 3.8) is 0 Å². The largest absolute Gasteiger partial charge is 0.463 e. The minimum Gasteiger partial charge on any atom is -0.463 e. The van der Waals surface area contributed by atoms with Gasteiger partial charge in [-0.1, -0.05) is 6.92 Å². The molecule has 1 saturated heterocycles. The molecule has 0 unspecified atom stereocenters. The topological polar surface area (TPSA) is 38.8 Å². The zero-order valence-electron chi connectivity index (χ0n) is 9.29. The van der Waals surface area contributed by atoms with Crippen LogP contribution in [0.3, 0.4) is 0 Å². The lowest BCUT2D eigenvalue weighted by Gasteiger charge is -2.03. The highest BCUT2D eigenvalue weighted by Crippen LogP contribution is 2.40. The average molecular weight is 198 g/mol. The van der Waals surface area contributed by atoms with E-state index in [1.54, 1.807) is 13.8 Å². The molecule has 0 spiro atoms. The fourth-order valence-corrected chi connectivity index (χ4v) is 1.62. The van der Waals surface area contributed by atoms with Gasteiger partial charge in [0.1, 0.15) is 5.60 Å². The lowest BCUT2D eigenvalue weighted by atomic mass is 10.0. The zero-order valence-corrected chi connectivity index (χ0v) is 9.29. The maximum absolute atomic E-state index is 11.3. The van der Waals surface area contributed by atoms with E-state index >= 15 is 0 Å². The van der Waals surface area contributed by atoms with Crippen LogP contribution in [-0.4, -0.2) is 24.3 Å². The SMILES string of the molecule is CCOC(=O)/C(C)=C/[C@@]1(C)O[C@@H]1CC. The lowest BCUT2D eigenvalue weighted by Crippen LogP contribution is -2.11. The van der Waals surface area contributed by atoms with Gasteiger partial charge in [-0.3, -0.25) is 0 Å². The second-order valence-corrected chi connectivity index (χ2v) is 3.75. The Kier molecular flexibility index (Phi) is 3.32. The summed E-state index contributed by atoms with van der Waals surface area (Å²) in [6.07, 6.45) is 3.09. The lowest BCUT2D eigenvalue weighted by molar-refractivity contribution is -0.138. The Labute approximate surface area is 85.1 Å². The maximum atomic E-state index is 11.3. The van der Waals surface area contributed by atoms with Gasteiger partial charge in [0, 0.05) is 5.57 Å². The van der Waals surface area contributed by atoms with Crippen LogP contribution in [-0.2, 0) is 14.3 Å². The molecule has 0 radical (unpaired) electrons. The van der Waals surface area contributed by atoms with Gasteiger partial charge >= 0.3 is 5.97 Å². The average Bonchev–Trinajstić information content (AvgIpc) is 2.77. The van der Waals surface area contributed by atoms with Crippen molar-refractivity contribution in [3.8, 4) is 0 Å². The quantitative estimate of drug-likeness (QED) is 0.394. The van der Waals surface area contributed by atoms with Crippen molar-refractivity contribution >= 4 is 5.97 Å². The van der Waals surface area contributed by atoms with E-state index < -0.39 is 0 Å². The van der Waals surface area contributed by atoms with Crippen molar-refractivity contribution < 1.29 is 14.3 Å². The number of ether oxygens (including phenoxy) is 2. The highest BCUT2D eigenvalue weighted by Gasteiger charge is 2.49. The number of epoxide rings is 1. The van der Waals surface area contributed by atoms with E-state index in [-0.39, 0.29) is 17.7 Å². The molecule has 80 valence electrons. The van der Waals surface area contributed by atoms with E-state index in [2.05, 4.69) is 6.92 Å². The predicted molar refractivity (Wildman–Crippen MR) is 54.0 cm³/mol.